The Balaban J connectivity index is 1.46. The van der Waals surface area contributed by atoms with Crippen molar-refractivity contribution in [3.05, 3.63) is 29.8 Å². The molecule has 0 N–H and O–H groups in total. The van der Waals surface area contributed by atoms with Gasteiger partial charge in [-0.1, -0.05) is 12.1 Å². The Morgan fingerprint density at radius 1 is 1.23 bits per heavy atom. The van der Waals surface area contributed by atoms with Gasteiger partial charge in [0.05, 0.1) is 32.3 Å². The van der Waals surface area contributed by atoms with Crippen molar-refractivity contribution in [2.75, 3.05) is 20.3 Å². The fourth-order valence-corrected chi connectivity index (χ4v) is 3.50. The minimum atomic E-state index is -0.281. The highest BCUT2D eigenvalue weighted by molar-refractivity contribution is 5.70. The maximum absolute atomic E-state index is 11.5. The van der Waals surface area contributed by atoms with E-state index in [-0.39, 0.29) is 18.5 Å². The van der Waals surface area contributed by atoms with E-state index >= 15 is 0 Å². The van der Waals surface area contributed by atoms with Crippen LogP contribution in [0.3, 0.4) is 0 Å². The Hall–Kier alpha value is -2.08. The Labute approximate surface area is 155 Å². The van der Waals surface area contributed by atoms with Gasteiger partial charge < -0.3 is 14.2 Å². The molecule has 1 aromatic carbocycles. The van der Waals surface area contributed by atoms with Crippen molar-refractivity contribution in [2.24, 2.45) is 11.0 Å². The van der Waals surface area contributed by atoms with Gasteiger partial charge in [0.2, 0.25) is 0 Å². The van der Waals surface area contributed by atoms with E-state index in [4.69, 9.17) is 14.2 Å². The summed E-state index contributed by atoms with van der Waals surface area (Å²) < 4.78 is 16.4. The molecule has 1 aliphatic carbocycles. The van der Waals surface area contributed by atoms with Crippen molar-refractivity contribution < 1.29 is 19.0 Å². The first-order valence-corrected chi connectivity index (χ1v) is 9.43. The summed E-state index contributed by atoms with van der Waals surface area (Å²) in [6.45, 7) is 3.22. The smallest absolute Gasteiger partial charge is 0.308 e. The summed E-state index contributed by atoms with van der Waals surface area (Å²) in [5.74, 6) is 1.20. The van der Waals surface area contributed by atoms with Crippen molar-refractivity contribution >= 4 is 12.3 Å². The average Bonchev–Trinajstić information content (AvgIpc) is 3.52. The van der Waals surface area contributed by atoms with Crippen LogP contribution in [0.4, 0.5) is 0 Å². The number of esters is 1. The van der Waals surface area contributed by atoms with Crippen LogP contribution in [-0.2, 0) is 14.3 Å². The zero-order valence-electron chi connectivity index (χ0n) is 15.6. The topological polar surface area (TPSA) is 60.1 Å². The number of hydrazone groups is 1. The molecule has 2 aliphatic rings. The third-order valence-electron chi connectivity index (χ3n) is 5.12. The highest BCUT2D eigenvalue weighted by Crippen LogP contribution is 2.30. The number of carbonyl (C=O) groups is 1. The number of nitrogens with zero attached hydrogens (tertiary/aromatic N) is 2. The first-order chi connectivity index (χ1) is 12.7. The van der Waals surface area contributed by atoms with E-state index < -0.39 is 0 Å². The zero-order valence-corrected chi connectivity index (χ0v) is 15.6. The largest absolute Gasteiger partial charge is 0.493 e. The fourth-order valence-electron chi connectivity index (χ4n) is 3.50. The van der Waals surface area contributed by atoms with Crippen molar-refractivity contribution in [2.45, 2.75) is 51.2 Å². The number of carbonyl (C=O) groups excluding carboxylic acids is 1. The van der Waals surface area contributed by atoms with E-state index in [9.17, 15) is 4.79 Å². The highest BCUT2D eigenvalue weighted by atomic mass is 16.5. The molecule has 3 rings (SSSR count). The SMILES string of the molecule is CCO[C@@H](CC(=O)OC)c1ccc(OCC2CCC(N3C=N3)CC2)cc1. The van der Waals surface area contributed by atoms with Crippen LogP contribution in [0.5, 0.6) is 5.75 Å². The summed E-state index contributed by atoms with van der Waals surface area (Å²) in [6, 6.07) is 8.44. The van der Waals surface area contributed by atoms with Gasteiger partial charge in [0.1, 0.15) is 12.1 Å². The lowest BCUT2D eigenvalue weighted by molar-refractivity contribution is -0.143. The van der Waals surface area contributed by atoms with Crippen LogP contribution in [0.15, 0.2) is 29.4 Å². The number of benzene rings is 1. The molecular formula is C20H28N2O4. The van der Waals surface area contributed by atoms with E-state index in [1.165, 1.54) is 32.8 Å². The lowest BCUT2D eigenvalue weighted by Gasteiger charge is -2.28. The van der Waals surface area contributed by atoms with Crippen LogP contribution < -0.4 is 4.74 Å². The van der Waals surface area contributed by atoms with Gasteiger partial charge in [-0.3, -0.25) is 4.79 Å². The monoisotopic (exact) mass is 360 g/mol. The van der Waals surface area contributed by atoms with Gasteiger partial charge >= 0.3 is 5.97 Å². The van der Waals surface area contributed by atoms with Crippen LogP contribution in [0.1, 0.15) is 50.7 Å². The van der Waals surface area contributed by atoms with Gasteiger partial charge in [0.15, 0.2) is 0 Å². The Morgan fingerprint density at radius 2 is 1.92 bits per heavy atom. The lowest BCUT2D eigenvalue weighted by atomic mass is 9.86. The summed E-state index contributed by atoms with van der Waals surface area (Å²) in [4.78, 5) is 11.5. The molecule has 0 unspecified atom stereocenters. The Bertz CT molecular complexity index is 603. The molecule has 6 heteroatoms. The van der Waals surface area contributed by atoms with Gasteiger partial charge in [0, 0.05) is 6.61 Å². The fraction of sp³-hybridized carbons (Fsp3) is 0.600. The van der Waals surface area contributed by atoms with E-state index in [2.05, 4.69) is 10.1 Å². The van der Waals surface area contributed by atoms with Crippen molar-refractivity contribution in [1.29, 1.82) is 0 Å². The molecule has 26 heavy (non-hydrogen) atoms. The molecular weight excluding hydrogens is 332 g/mol. The summed E-state index contributed by atoms with van der Waals surface area (Å²) in [5, 5.41) is 6.22. The van der Waals surface area contributed by atoms with Gasteiger partial charge in [0.25, 0.3) is 0 Å². The summed E-state index contributed by atoms with van der Waals surface area (Å²) in [5.41, 5.74) is 0.962. The van der Waals surface area contributed by atoms with Gasteiger partial charge in [-0.05, 0) is 56.2 Å². The first-order valence-electron chi connectivity index (χ1n) is 9.43. The van der Waals surface area contributed by atoms with Crippen LogP contribution in [0.2, 0.25) is 0 Å². The third-order valence-corrected chi connectivity index (χ3v) is 5.12. The summed E-state index contributed by atoms with van der Waals surface area (Å²) in [6.07, 6.45) is 6.61. The molecule has 0 radical (unpaired) electrons. The molecule has 1 saturated carbocycles. The normalized spacial score (nSPS) is 22.8. The van der Waals surface area contributed by atoms with Crippen molar-refractivity contribution in [1.82, 2.24) is 5.01 Å². The minimum absolute atomic E-state index is 0.217. The van der Waals surface area contributed by atoms with Crippen LogP contribution in [0.25, 0.3) is 0 Å². The molecule has 0 saturated heterocycles. The van der Waals surface area contributed by atoms with E-state index in [1.807, 2.05) is 37.5 Å². The second-order valence-electron chi connectivity index (χ2n) is 6.89. The number of rotatable bonds is 9. The first kappa shape index (κ1) is 18.7. The standard InChI is InChI=1S/C20H28N2O4/c1-3-25-19(12-20(23)24-2)16-6-10-18(11-7-16)26-13-15-4-8-17(9-5-15)22-14-21-22/h6-7,10-11,14-15,17,19H,3-5,8-9,12-13H2,1-2H3/t15?,17?,19-,22?/m0/s1. The number of hydrogen-bond donors (Lipinski definition) is 0. The van der Waals surface area contributed by atoms with Gasteiger partial charge in [-0.25, -0.2) is 5.01 Å². The van der Waals surface area contributed by atoms with Gasteiger partial charge in [-0.2, -0.15) is 5.10 Å². The molecule has 0 aromatic heterocycles. The molecule has 1 heterocycles. The average molecular weight is 360 g/mol. The molecule has 0 spiro atoms. The maximum atomic E-state index is 11.5. The van der Waals surface area contributed by atoms with Crippen LogP contribution in [0, 0.1) is 5.92 Å². The molecule has 0 amide bonds. The number of ether oxygens (including phenoxy) is 3. The second kappa shape index (κ2) is 9.03. The lowest BCUT2D eigenvalue weighted by Crippen LogP contribution is -2.28. The van der Waals surface area contributed by atoms with E-state index in [0.717, 1.165) is 17.9 Å². The quantitative estimate of drug-likeness (QED) is 0.631. The molecule has 142 valence electrons. The minimum Gasteiger partial charge on any atom is -0.493 e. The number of hydrogen-bond acceptors (Lipinski definition) is 6. The van der Waals surface area contributed by atoms with Crippen molar-refractivity contribution in [3.8, 4) is 5.75 Å². The van der Waals surface area contributed by atoms with E-state index in [1.54, 1.807) is 0 Å². The molecule has 0 bridgehead atoms. The van der Waals surface area contributed by atoms with Crippen LogP contribution >= 0.6 is 0 Å². The second-order valence-corrected chi connectivity index (χ2v) is 6.89. The molecule has 1 aliphatic heterocycles. The zero-order chi connectivity index (χ0) is 18.4. The molecule has 6 nitrogen and oxygen atoms in total. The van der Waals surface area contributed by atoms with Crippen LogP contribution in [-0.4, -0.2) is 43.7 Å². The number of methoxy groups -OCH3 is 1. The maximum Gasteiger partial charge on any atom is 0.308 e. The Morgan fingerprint density at radius 3 is 2.50 bits per heavy atom. The van der Waals surface area contributed by atoms with Crippen molar-refractivity contribution in [3.63, 3.8) is 0 Å². The summed E-state index contributed by atoms with van der Waals surface area (Å²) >= 11 is 0. The Kier molecular flexibility index (Phi) is 6.50. The van der Waals surface area contributed by atoms with E-state index in [0.29, 0.717) is 18.6 Å². The molecule has 1 atom stereocenters. The molecule has 1 fully saturated rings. The summed E-state index contributed by atoms with van der Waals surface area (Å²) in [7, 11) is 1.39. The highest BCUT2D eigenvalue weighted by Gasteiger charge is 2.28. The third kappa shape index (κ3) is 5.21. The predicted molar refractivity (Wildman–Crippen MR) is 99.0 cm³/mol. The molecule has 1 aromatic rings. The van der Waals surface area contributed by atoms with Gasteiger partial charge in [-0.15, -0.1) is 0 Å². The predicted octanol–water partition coefficient (Wildman–Crippen LogP) is 3.52.